The van der Waals surface area contributed by atoms with E-state index in [1.165, 1.54) is 0 Å². The molecule has 1 heterocycles. The van der Waals surface area contributed by atoms with Gasteiger partial charge < -0.3 is 15.7 Å². The average molecular weight is 268 g/mol. The number of carbonyl (C=O) groups excluding carboxylic acids is 1. The second kappa shape index (κ2) is 5.90. The highest BCUT2D eigenvalue weighted by molar-refractivity contribution is 5.86. The molecule has 2 aliphatic rings. The molecule has 3 N–H and O–H groups in total. The number of hydrogen-bond donors (Lipinski definition) is 3. The second-order valence-electron chi connectivity index (χ2n) is 6.06. The summed E-state index contributed by atoms with van der Waals surface area (Å²) in [6.45, 7) is 3.31. The molecule has 0 aromatic carbocycles. The van der Waals surface area contributed by atoms with Crippen molar-refractivity contribution in [3.63, 3.8) is 0 Å². The van der Waals surface area contributed by atoms with Crippen molar-refractivity contribution < 1.29 is 14.7 Å². The van der Waals surface area contributed by atoms with Gasteiger partial charge in [0.2, 0.25) is 5.91 Å². The third-order valence-corrected chi connectivity index (χ3v) is 4.62. The molecule has 108 valence electrons. The smallest absolute Gasteiger partial charge is 0.306 e. The lowest BCUT2D eigenvalue weighted by Gasteiger charge is -2.34. The number of hydrogen-bond acceptors (Lipinski definition) is 3. The van der Waals surface area contributed by atoms with E-state index in [4.69, 9.17) is 5.11 Å². The van der Waals surface area contributed by atoms with Crippen LogP contribution in [-0.4, -0.2) is 35.6 Å². The molecule has 5 nitrogen and oxygen atoms in total. The number of carboxylic acid groups (broad SMARTS) is 1. The lowest BCUT2D eigenvalue weighted by molar-refractivity contribution is -0.143. The largest absolute Gasteiger partial charge is 0.481 e. The summed E-state index contributed by atoms with van der Waals surface area (Å²) in [5.74, 6) is -0.900. The Balaban J connectivity index is 1.84. The summed E-state index contributed by atoms with van der Waals surface area (Å²) in [4.78, 5) is 23.3. The van der Waals surface area contributed by atoms with Gasteiger partial charge in [0.25, 0.3) is 0 Å². The summed E-state index contributed by atoms with van der Waals surface area (Å²) in [5.41, 5.74) is -0.477. The van der Waals surface area contributed by atoms with E-state index in [1.54, 1.807) is 0 Å². The first-order valence-electron chi connectivity index (χ1n) is 7.29. The maximum atomic E-state index is 12.2. The van der Waals surface area contributed by atoms with Crippen LogP contribution in [0.4, 0.5) is 0 Å². The zero-order valence-electron chi connectivity index (χ0n) is 11.6. The maximum Gasteiger partial charge on any atom is 0.306 e. The molecule has 2 fully saturated rings. The van der Waals surface area contributed by atoms with E-state index in [0.29, 0.717) is 6.54 Å². The standard InChI is InChI=1S/C14H24N2O3/c1-14(7-2-3-8-16-14)13(19)15-9-10-5-4-6-11(10)12(17)18/h10-11,16H,2-9H2,1H3,(H,15,19)(H,17,18). The summed E-state index contributed by atoms with van der Waals surface area (Å²) in [7, 11) is 0. The van der Waals surface area contributed by atoms with Gasteiger partial charge in [0.1, 0.15) is 0 Å². The van der Waals surface area contributed by atoms with Gasteiger partial charge in [0.05, 0.1) is 11.5 Å². The molecule has 1 amide bonds. The van der Waals surface area contributed by atoms with Crippen molar-refractivity contribution >= 4 is 11.9 Å². The van der Waals surface area contributed by atoms with Crippen molar-refractivity contribution in [3.05, 3.63) is 0 Å². The van der Waals surface area contributed by atoms with E-state index in [0.717, 1.165) is 45.1 Å². The van der Waals surface area contributed by atoms with Gasteiger partial charge in [-0.15, -0.1) is 0 Å². The highest BCUT2D eigenvalue weighted by Gasteiger charge is 2.37. The lowest BCUT2D eigenvalue weighted by atomic mass is 9.89. The summed E-state index contributed by atoms with van der Waals surface area (Å²) in [6, 6.07) is 0. The van der Waals surface area contributed by atoms with Gasteiger partial charge in [-0.3, -0.25) is 9.59 Å². The normalized spacial score (nSPS) is 35.0. The Morgan fingerprint density at radius 2 is 2.11 bits per heavy atom. The van der Waals surface area contributed by atoms with Crippen LogP contribution in [0.15, 0.2) is 0 Å². The molecule has 1 aliphatic carbocycles. The third kappa shape index (κ3) is 3.26. The Morgan fingerprint density at radius 3 is 2.74 bits per heavy atom. The first-order valence-corrected chi connectivity index (χ1v) is 7.29. The van der Waals surface area contributed by atoms with Gasteiger partial charge in [-0.2, -0.15) is 0 Å². The first-order chi connectivity index (χ1) is 9.03. The molecule has 1 aliphatic heterocycles. The van der Waals surface area contributed by atoms with Gasteiger partial charge in [-0.25, -0.2) is 0 Å². The highest BCUT2D eigenvalue weighted by Crippen LogP contribution is 2.31. The van der Waals surface area contributed by atoms with Crippen LogP contribution in [0.25, 0.3) is 0 Å². The molecule has 3 unspecified atom stereocenters. The van der Waals surface area contributed by atoms with Crippen LogP contribution in [-0.2, 0) is 9.59 Å². The quantitative estimate of drug-likeness (QED) is 0.714. The molecule has 5 heteroatoms. The zero-order valence-corrected chi connectivity index (χ0v) is 11.6. The average Bonchev–Trinajstić information content (AvgIpc) is 2.85. The highest BCUT2D eigenvalue weighted by atomic mass is 16.4. The fourth-order valence-electron chi connectivity index (χ4n) is 3.28. The molecule has 0 bridgehead atoms. The minimum Gasteiger partial charge on any atom is -0.481 e. The van der Waals surface area contributed by atoms with Crippen molar-refractivity contribution in [1.29, 1.82) is 0 Å². The molecular weight excluding hydrogens is 244 g/mol. The van der Waals surface area contributed by atoms with Crippen LogP contribution in [0.1, 0.15) is 45.4 Å². The van der Waals surface area contributed by atoms with Crippen molar-refractivity contribution in [2.24, 2.45) is 11.8 Å². The van der Waals surface area contributed by atoms with E-state index < -0.39 is 11.5 Å². The van der Waals surface area contributed by atoms with Gasteiger partial charge in [-0.05, 0) is 51.5 Å². The van der Waals surface area contributed by atoms with Crippen LogP contribution in [0.2, 0.25) is 0 Å². The fourth-order valence-corrected chi connectivity index (χ4v) is 3.28. The molecule has 1 saturated heterocycles. The van der Waals surface area contributed by atoms with E-state index in [2.05, 4.69) is 10.6 Å². The molecule has 0 aromatic rings. The predicted molar refractivity (Wildman–Crippen MR) is 71.7 cm³/mol. The summed E-state index contributed by atoms with van der Waals surface area (Å²) < 4.78 is 0. The predicted octanol–water partition coefficient (Wildman–Crippen LogP) is 1.14. The number of amides is 1. The van der Waals surface area contributed by atoms with Gasteiger partial charge in [-0.1, -0.05) is 6.42 Å². The molecule has 3 atom stereocenters. The minimum atomic E-state index is -0.723. The fraction of sp³-hybridized carbons (Fsp3) is 0.857. The van der Waals surface area contributed by atoms with E-state index in [1.807, 2.05) is 6.92 Å². The zero-order chi connectivity index (χ0) is 13.9. The molecule has 0 spiro atoms. The first kappa shape index (κ1) is 14.3. The van der Waals surface area contributed by atoms with Crippen molar-refractivity contribution in [2.75, 3.05) is 13.1 Å². The van der Waals surface area contributed by atoms with Gasteiger partial charge in [0, 0.05) is 6.54 Å². The van der Waals surface area contributed by atoms with Crippen LogP contribution in [0, 0.1) is 11.8 Å². The molecular formula is C14H24N2O3. The SMILES string of the molecule is CC1(C(=O)NCC2CCCC2C(=O)O)CCCCN1. The number of carbonyl (C=O) groups is 2. The molecule has 19 heavy (non-hydrogen) atoms. The maximum absolute atomic E-state index is 12.2. The van der Waals surface area contributed by atoms with Crippen LogP contribution >= 0.6 is 0 Å². The lowest BCUT2D eigenvalue weighted by Crippen LogP contribution is -2.57. The van der Waals surface area contributed by atoms with E-state index in [9.17, 15) is 9.59 Å². The van der Waals surface area contributed by atoms with Gasteiger partial charge >= 0.3 is 5.97 Å². The van der Waals surface area contributed by atoms with Crippen LogP contribution in [0.3, 0.4) is 0 Å². The molecule has 1 saturated carbocycles. The van der Waals surface area contributed by atoms with E-state index in [-0.39, 0.29) is 17.7 Å². The molecule has 0 aromatic heterocycles. The van der Waals surface area contributed by atoms with Crippen molar-refractivity contribution in [1.82, 2.24) is 10.6 Å². The number of rotatable bonds is 4. The van der Waals surface area contributed by atoms with Gasteiger partial charge in [0.15, 0.2) is 0 Å². The Bertz CT molecular complexity index is 351. The van der Waals surface area contributed by atoms with Crippen LogP contribution < -0.4 is 10.6 Å². The number of carboxylic acids is 1. The monoisotopic (exact) mass is 268 g/mol. The minimum absolute atomic E-state index is 0.0169. The van der Waals surface area contributed by atoms with Crippen molar-refractivity contribution in [2.45, 2.75) is 51.0 Å². The van der Waals surface area contributed by atoms with Crippen molar-refractivity contribution in [3.8, 4) is 0 Å². The Hall–Kier alpha value is -1.10. The number of nitrogens with one attached hydrogen (secondary N) is 2. The number of piperidine rings is 1. The summed E-state index contributed by atoms with van der Waals surface area (Å²) in [5, 5.41) is 15.4. The molecule has 2 rings (SSSR count). The number of aliphatic carboxylic acids is 1. The third-order valence-electron chi connectivity index (χ3n) is 4.62. The molecule has 0 radical (unpaired) electrons. The summed E-state index contributed by atoms with van der Waals surface area (Å²) >= 11 is 0. The van der Waals surface area contributed by atoms with Crippen LogP contribution in [0.5, 0.6) is 0 Å². The Labute approximate surface area is 114 Å². The van der Waals surface area contributed by atoms with E-state index >= 15 is 0 Å². The topological polar surface area (TPSA) is 78.4 Å². The Morgan fingerprint density at radius 1 is 1.32 bits per heavy atom. The Kier molecular flexibility index (Phi) is 4.45. The second-order valence-corrected chi connectivity index (χ2v) is 6.06. The summed E-state index contributed by atoms with van der Waals surface area (Å²) in [6.07, 6.45) is 5.64.